The molecule has 0 aliphatic heterocycles. The third-order valence-corrected chi connectivity index (χ3v) is 5.76. The van der Waals surface area contributed by atoms with Crippen LogP contribution in [-0.4, -0.2) is 40.9 Å². The third-order valence-electron chi connectivity index (χ3n) is 3.83. The Kier molecular flexibility index (Phi) is 5.80. The average molecular weight is 443 g/mol. The van der Waals surface area contributed by atoms with E-state index in [1.807, 2.05) is 0 Å². The zero-order chi connectivity index (χ0) is 21.2. The van der Waals surface area contributed by atoms with Crippen LogP contribution in [0.1, 0.15) is 5.69 Å². The van der Waals surface area contributed by atoms with Crippen molar-refractivity contribution in [2.24, 2.45) is 0 Å². The molecule has 0 spiro atoms. The van der Waals surface area contributed by atoms with Crippen molar-refractivity contribution in [1.82, 2.24) is 20.1 Å². The Balaban J connectivity index is 2.13. The fourth-order valence-electron chi connectivity index (χ4n) is 2.49. The molecule has 0 aliphatic rings. The number of hydrogen-bond acceptors (Lipinski definition) is 5. The van der Waals surface area contributed by atoms with E-state index in [0.29, 0.717) is 0 Å². The average Bonchev–Trinajstić information content (AvgIpc) is 3.09. The second kappa shape index (κ2) is 8.13. The summed E-state index contributed by atoms with van der Waals surface area (Å²) in [4.78, 5) is 14.1. The monoisotopic (exact) mass is 442 g/mol. The number of halogens is 3. The molecule has 2 heterocycles. The maximum absolute atomic E-state index is 14.3. The molecule has 0 saturated heterocycles. The van der Waals surface area contributed by atoms with Crippen molar-refractivity contribution in [3.63, 3.8) is 0 Å². The first kappa shape index (κ1) is 20.7. The van der Waals surface area contributed by atoms with Crippen molar-refractivity contribution in [3.05, 3.63) is 65.1 Å². The Hall–Kier alpha value is -3.05. The van der Waals surface area contributed by atoms with Gasteiger partial charge in [-0.2, -0.15) is 5.10 Å². The second-order valence-corrected chi connectivity index (χ2v) is 8.04. The van der Waals surface area contributed by atoms with Gasteiger partial charge < -0.3 is 10.4 Å². The lowest BCUT2D eigenvalue weighted by Gasteiger charge is -2.09. The Bertz CT molecular complexity index is 1170. The van der Waals surface area contributed by atoms with E-state index in [4.69, 9.17) is 16.7 Å². The van der Waals surface area contributed by atoms with Crippen LogP contribution >= 0.6 is 11.6 Å². The van der Waals surface area contributed by atoms with Gasteiger partial charge in [0.25, 0.3) is 0 Å². The minimum Gasteiger partial charge on any atom is -0.465 e. The van der Waals surface area contributed by atoms with Crippen LogP contribution in [0.3, 0.4) is 0 Å². The molecule has 1 amide bonds. The van der Waals surface area contributed by atoms with Gasteiger partial charge >= 0.3 is 6.09 Å². The fourth-order valence-corrected chi connectivity index (χ4v) is 3.94. The molecule has 3 aromatic rings. The molecule has 0 atom stereocenters. The van der Waals surface area contributed by atoms with E-state index in [1.54, 1.807) is 0 Å². The maximum Gasteiger partial charge on any atom is 0.404 e. The number of pyridine rings is 1. The van der Waals surface area contributed by atoms with Gasteiger partial charge in [0.05, 0.1) is 10.6 Å². The molecule has 0 unspecified atom stereocenters. The highest BCUT2D eigenvalue weighted by Crippen LogP contribution is 2.26. The van der Waals surface area contributed by atoms with Crippen LogP contribution in [-0.2, 0) is 16.3 Å². The summed E-state index contributed by atoms with van der Waals surface area (Å²) in [6.07, 6.45) is -0.207. The number of amides is 1. The minimum absolute atomic E-state index is 0.0254. The molecule has 0 fully saturated rings. The largest absolute Gasteiger partial charge is 0.465 e. The molecule has 0 aliphatic carbocycles. The third kappa shape index (κ3) is 4.35. The second-order valence-electron chi connectivity index (χ2n) is 5.76. The smallest absolute Gasteiger partial charge is 0.404 e. The molecule has 0 saturated carbocycles. The fraction of sp³-hybridized carbons (Fsp3) is 0.118. The van der Waals surface area contributed by atoms with Gasteiger partial charge in [0.1, 0.15) is 10.8 Å². The zero-order valence-corrected chi connectivity index (χ0v) is 16.1. The van der Waals surface area contributed by atoms with Gasteiger partial charge in [0.15, 0.2) is 16.7 Å². The highest BCUT2D eigenvalue weighted by atomic mass is 35.5. The zero-order valence-electron chi connectivity index (χ0n) is 14.5. The van der Waals surface area contributed by atoms with Crippen molar-refractivity contribution in [3.8, 4) is 5.69 Å². The number of rotatable bonds is 6. The Morgan fingerprint density at radius 1 is 1.24 bits per heavy atom. The van der Waals surface area contributed by atoms with Crippen LogP contribution < -0.4 is 5.32 Å². The highest BCUT2D eigenvalue weighted by Gasteiger charge is 2.27. The molecule has 0 bridgehead atoms. The van der Waals surface area contributed by atoms with Crippen LogP contribution in [0.5, 0.6) is 0 Å². The van der Waals surface area contributed by atoms with Gasteiger partial charge in [-0.1, -0.05) is 17.7 Å². The van der Waals surface area contributed by atoms with Crippen LogP contribution in [0.15, 0.2) is 52.5 Å². The van der Waals surface area contributed by atoms with Gasteiger partial charge in [-0.05, 0) is 30.3 Å². The number of nitrogens with one attached hydrogen (secondary N) is 1. The topological polar surface area (TPSA) is 114 Å². The molecular weight excluding hydrogens is 430 g/mol. The molecule has 3 rings (SSSR count). The first-order valence-electron chi connectivity index (χ1n) is 8.07. The summed E-state index contributed by atoms with van der Waals surface area (Å²) in [5.74, 6) is -2.46. The Morgan fingerprint density at radius 2 is 2.00 bits per heavy atom. The predicted octanol–water partition coefficient (Wildman–Crippen LogP) is 2.84. The van der Waals surface area contributed by atoms with E-state index < -0.39 is 38.3 Å². The summed E-state index contributed by atoms with van der Waals surface area (Å²) in [6.45, 7) is -0.0556. The number of benzene rings is 1. The number of carboxylic acid groups (broad SMARTS) is 1. The molecule has 12 heteroatoms. The van der Waals surface area contributed by atoms with Gasteiger partial charge in [-0.15, -0.1) is 0 Å². The highest BCUT2D eigenvalue weighted by molar-refractivity contribution is 7.91. The van der Waals surface area contributed by atoms with E-state index in [2.05, 4.69) is 15.4 Å². The van der Waals surface area contributed by atoms with Gasteiger partial charge in [0, 0.05) is 19.2 Å². The van der Waals surface area contributed by atoms with Crippen molar-refractivity contribution in [2.45, 2.75) is 16.3 Å². The van der Waals surface area contributed by atoms with Gasteiger partial charge in [-0.3, -0.25) is 0 Å². The van der Waals surface area contributed by atoms with E-state index in [9.17, 15) is 22.0 Å². The van der Waals surface area contributed by atoms with Crippen molar-refractivity contribution in [2.75, 3.05) is 6.54 Å². The number of hydrogen-bond donors (Lipinski definition) is 2. The summed E-state index contributed by atoms with van der Waals surface area (Å²) in [5.41, 5.74) is -0.258. The van der Waals surface area contributed by atoms with E-state index >= 15 is 0 Å². The molecule has 29 heavy (non-hydrogen) atoms. The lowest BCUT2D eigenvalue weighted by Crippen LogP contribution is -2.23. The van der Waals surface area contributed by atoms with E-state index in [-0.39, 0.29) is 28.7 Å². The summed E-state index contributed by atoms with van der Waals surface area (Å²) >= 11 is 5.69. The van der Waals surface area contributed by atoms with Crippen molar-refractivity contribution in [1.29, 1.82) is 0 Å². The van der Waals surface area contributed by atoms with Crippen molar-refractivity contribution < 1.29 is 27.1 Å². The molecule has 8 nitrogen and oxygen atoms in total. The van der Waals surface area contributed by atoms with Crippen LogP contribution in [0.4, 0.5) is 13.6 Å². The number of carbonyl (C=O) groups is 1. The molecule has 0 radical (unpaired) electrons. The quantitative estimate of drug-likeness (QED) is 0.567. The normalized spacial score (nSPS) is 11.4. The molecule has 2 N–H and O–H groups in total. The molecule has 152 valence electrons. The van der Waals surface area contributed by atoms with E-state index in [1.165, 1.54) is 24.3 Å². The van der Waals surface area contributed by atoms with Crippen LogP contribution in [0, 0.1) is 11.6 Å². The Morgan fingerprint density at radius 3 is 2.66 bits per heavy atom. The summed E-state index contributed by atoms with van der Waals surface area (Å²) in [7, 11) is -4.23. The van der Waals surface area contributed by atoms with E-state index in [0.717, 1.165) is 23.0 Å². The van der Waals surface area contributed by atoms with Crippen LogP contribution in [0.25, 0.3) is 5.69 Å². The maximum atomic E-state index is 14.3. The number of nitrogens with zero attached hydrogens (tertiary/aromatic N) is 3. The van der Waals surface area contributed by atoms with Gasteiger partial charge in [0.2, 0.25) is 9.84 Å². The van der Waals surface area contributed by atoms with Crippen molar-refractivity contribution >= 4 is 27.5 Å². The molecular formula is C17H13ClF2N4O4S. The SMILES string of the molecule is O=C(O)NCCc1cc(S(=O)(=O)c2ccc(Cl)nc2)n(-c2cccc(F)c2F)n1. The number of aromatic nitrogens is 3. The van der Waals surface area contributed by atoms with Crippen LogP contribution in [0.2, 0.25) is 5.15 Å². The lowest BCUT2D eigenvalue weighted by atomic mass is 10.3. The predicted molar refractivity (Wildman–Crippen MR) is 97.9 cm³/mol. The first-order valence-corrected chi connectivity index (χ1v) is 9.93. The first-order chi connectivity index (χ1) is 13.7. The summed E-state index contributed by atoms with van der Waals surface area (Å²) in [6, 6.07) is 6.92. The standard InChI is InChI=1S/C17H13ClF2N4O4S/c18-14-5-4-11(9-22-14)29(27,28)15-8-10(6-7-21-17(25)26)23-24(15)13-3-1-2-12(19)16(13)20/h1-5,8-9,21H,6-7H2,(H,25,26). The minimum atomic E-state index is -4.23. The molecule has 1 aromatic carbocycles. The summed E-state index contributed by atoms with van der Waals surface area (Å²) in [5, 5.41) is 14.5. The summed E-state index contributed by atoms with van der Waals surface area (Å²) < 4.78 is 54.9. The Labute approximate surface area is 168 Å². The number of sulfone groups is 1. The lowest BCUT2D eigenvalue weighted by molar-refractivity contribution is 0.194. The van der Waals surface area contributed by atoms with Gasteiger partial charge in [-0.25, -0.2) is 31.7 Å². The molecule has 2 aromatic heterocycles.